The number of piperazine rings is 1. The number of ether oxygens (including phenoxy) is 1. The van der Waals surface area contributed by atoms with E-state index in [1.807, 2.05) is 69.5 Å². The molecule has 2 aromatic rings. The molecule has 1 N–H and O–H groups in total. The Hall–Kier alpha value is -2.54. The van der Waals surface area contributed by atoms with Crippen LogP contribution >= 0.6 is 15.9 Å². The number of para-hydroxylation sites is 1. The molecule has 1 amide bonds. The van der Waals surface area contributed by atoms with Crippen LogP contribution < -0.4 is 10.3 Å². The Morgan fingerprint density at radius 3 is 2.45 bits per heavy atom. The van der Waals surface area contributed by atoms with Crippen LogP contribution in [0.2, 0.25) is 0 Å². The van der Waals surface area contributed by atoms with E-state index in [2.05, 4.69) is 37.4 Å². The average Bonchev–Trinajstić information content (AvgIpc) is 2.68. The Labute approximate surface area is 180 Å². The Bertz CT molecular complexity index is 857. The molecule has 29 heavy (non-hydrogen) atoms. The van der Waals surface area contributed by atoms with Crippen molar-refractivity contribution in [3.8, 4) is 0 Å². The lowest BCUT2D eigenvalue weighted by molar-refractivity contribution is 0.0240. The molecule has 0 aliphatic carbocycles. The smallest absolute Gasteiger partial charge is 0.410 e. The van der Waals surface area contributed by atoms with Crippen LogP contribution in [0.3, 0.4) is 0 Å². The quantitative estimate of drug-likeness (QED) is 0.519. The molecule has 1 heterocycles. The number of nitrogens with zero attached hydrogens (tertiary/aromatic N) is 3. The Morgan fingerprint density at radius 2 is 1.79 bits per heavy atom. The SMILES string of the molecule is CC(C)(C)OC(=O)N1CCN(c2ccc(Br)cc2C=NNc2ccccc2)CC1. The average molecular weight is 459 g/mol. The van der Waals surface area contributed by atoms with E-state index in [0.717, 1.165) is 34.5 Å². The summed E-state index contributed by atoms with van der Waals surface area (Å²) < 4.78 is 6.48. The summed E-state index contributed by atoms with van der Waals surface area (Å²) >= 11 is 3.54. The van der Waals surface area contributed by atoms with Gasteiger partial charge in [0.1, 0.15) is 5.60 Å². The van der Waals surface area contributed by atoms with Gasteiger partial charge in [0.15, 0.2) is 0 Å². The highest BCUT2D eigenvalue weighted by Gasteiger charge is 2.26. The van der Waals surface area contributed by atoms with Gasteiger partial charge in [-0.3, -0.25) is 5.43 Å². The van der Waals surface area contributed by atoms with Gasteiger partial charge in [0.2, 0.25) is 0 Å². The number of anilines is 2. The minimum atomic E-state index is -0.477. The molecule has 7 heteroatoms. The number of carbonyl (C=O) groups excluding carboxylic acids is 1. The van der Waals surface area contributed by atoms with Crippen molar-refractivity contribution in [2.45, 2.75) is 26.4 Å². The molecular weight excluding hydrogens is 432 g/mol. The maximum Gasteiger partial charge on any atom is 0.410 e. The molecule has 154 valence electrons. The van der Waals surface area contributed by atoms with E-state index in [1.54, 1.807) is 4.90 Å². The molecular formula is C22H27BrN4O2. The first-order valence-corrected chi connectivity index (χ1v) is 10.5. The van der Waals surface area contributed by atoms with Gasteiger partial charge in [-0.2, -0.15) is 5.10 Å². The van der Waals surface area contributed by atoms with E-state index in [-0.39, 0.29) is 6.09 Å². The van der Waals surface area contributed by atoms with Gasteiger partial charge in [-0.15, -0.1) is 0 Å². The van der Waals surface area contributed by atoms with Crippen LogP contribution in [0.5, 0.6) is 0 Å². The van der Waals surface area contributed by atoms with Crippen LogP contribution in [0, 0.1) is 0 Å². The normalized spacial score (nSPS) is 14.9. The van der Waals surface area contributed by atoms with Gasteiger partial charge in [0.25, 0.3) is 0 Å². The second-order valence-corrected chi connectivity index (χ2v) is 8.81. The fourth-order valence-corrected chi connectivity index (χ4v) is 3.44. The number of halogens is 1. The second kappa shape index (κ2) is 9.31. The largest absolute Gasteiger partial charge is 0.444 e. The summed E-state index contributed by atoms with van der Waals surface area (Å²) in [6, 6.07) is 16.0. The zero-order valence-electron chi connectivity index (χ0n) is 17.1. The van der Waals surface area contributed by atoms with E-state index in [0.29, 0.717) is 13.1 Å². The molecule has 3 rings (SSSR count). The highest BCUT2D eigenvalue weighted by Crippen LogP contribution is 2.25. The van der Waals surface area contributed by atoms with E-state index in [1.165, 1.54) is 0 Å². The van der Waals surface area contributed by atoms with Crippen molar-refractivity contribution in [2.75, 3.05) is 36.5 Å². The van der Waals surface area contributed by atoms with Crippen LogP contribution in [0.4, 0.5) is 16.2 Å². The summed E-state index contributed by atoms with van der Waals surface area (Å²) in [5.74, 6) is 0. The van der Waals surface area contributed by atoms with Crippen LogP contribution in [0.1, 0.15) is 26.3 Å². The molecule has 0 radical (unpaired) electrons. The van der Waals surface area contributed by atoms with Crippen molar-refractivity contribution < 1.29 is 9.53 Å². The van der Waals surface area contributed by atoms with Crippen LogP contribution in [0.15, 0.2) is 58.1 Å². The Kier molecular flexibility index (Phi) is 6.79. The Morgan fingerprint density at radius 1 is 1.10 bits per heavy atom. The van der Waals surface area contributed by atoms with Gasteiger partial charge in [0.05, 0.1) is 11.9 Å². The predicted octanol–water partition coefficient (Wildman–Crippen LogP) is 4.95. The number of hydrogen-bond acceptors (Lipinski definition) is 5. The third kappa shape index (κ3) is 6.22. The van der Waals surface area contributed by atoms with Gasteiger partial charge in [-0.25, -0.2) is 4.79 Å². The molecule has 0 spiro atoms. The minimum absolute atomic E-state index is 0.248. The van der Waals surface area contributed by atoms with Crippen molar-refractivity contribution in [3.63, 3.8) is 0 Å². The summed E-state index contributed by atoms with van der Waals surface area (Å²) in [6.07, 6.45) is 1.58. The zero-order chi connectivity index (χ0) is 20.9. The molecule has 6 nitrogen and oxygen atoms in total. The lowest BCUT2D eigenvalue weighted by atomic mass is 10.1. The molecule has 1 fully saturated rings. The van der Waals surface area contributed by atoms with Crippen molar-refractivity contribution in [2.24, 2.45) is 5.10 Å². The van der Waals surface area contributed by atoms with E-state index in [9.17, 15) is 4.79 Å². The van der Waals surface area contributed by atoms with E-state index < -0.39 is 5.60 Å². The fourth-order valence-electron chi connectivity index (χ4n) is 3.06. The van der Waals surface area contributed by atoms with Crippen molar-refractivity contribution >= 4 is 39.6 Å². The van der Waals surface area contributed by atoms with Gasteiger partial charge in [-0.1, -0.05) is 34.1 Å². The summed E-state index contributed by atoms with van der Waals surface area (Å²) in [5, 5.41) is 4.38. The van der Waals surface area contributed by atoms with Crippen LogP contribution in [-0.4, -0.2) is 49.0 Å². The fraction of sp³-hybridized carbons (Fsp3) is 0.364. The monoisotopic (exact) mass is 458 g/mol. The van der Waals surface area contributed by atoms with Gasteiger partial charge < -0.3 is 14.5 Å². The molecule has 0 aromatic heterocycles. The van der Waals surface area contributed by atoms with Crippen LogP contribution in [-0.2, 0) is 4.74 Å². The zero-order valence-corrected chi connectivity index (χ0v) is 18.6. The number of nitrogens with one attached hydrogen (secondary N) is 1. The lowest BCUT2D eigenvalue weighted by Gasteiger charge is -2.37. The first-order valence-electron chi connectivity index (χ1n) is 9.68. The highest BCUT2D eigenvalue weighted by molar-refractivity contribution is 9.10. The molecule has 2 aromatic carbocycles. The molecule has 1 aliphatic rings. The molecule has 1 aliphatic heterocycles. The third-order valence-electron chi connectivity index (χ3n) is 4.43. The number of hydrazone groups is 1. The van der Waals surface area contributed by atoms with Gasteiger partial charge >= 0.3 is 6.09 Å². The summed E-state index contributed by atoms with van der Waals surface area (Å²) in [7, 11) is 0. The van der Waals surface area contributed by atoms with Crippen molar-refractivity contribution in [1.29, 1.82) is 0 Å². The number of amides is 1. The maximum absolute atomic E-state index is 12.3. The van der Waals surface area contributed by atoms with Gasteiger partial charge in [0, 0.05) is 41.9 Å². The standard InChI is InChI=1S/C22H27BrN4O2/c1-22(2,3)29-21(28)27-13-11-26(12-14-27)20-10-9-18(23)15-17(20)16-24-25-19-7-5-4-6-8-19/h4-10,15-16,25H,11-14H2,1-3H3. The first-order chi connectivity index (χ1) is 13.8. The number of benzene rings is 2. The minimum Gasteiger partial charge on any atom is -0.444 e. The molecule has 0 unspecified atom stereocenters. The third-order valence-corrected chi connectivity index (χ3v) is 4.93. The number of hydrogen-bond donors (Lipinski definition) is 1. The molecule has 1 saturated heterocycles. The lowest BCUT2D eigenvalue weighted by Crippen LogP contribution is -2.50. The van der Waals surface area contributed by atoms with Crippen molar-refractivity contribution in [3.05, 3.63) is 58.6 Å². The van der Waals surface area contributed by atoms with Gasteiger partial charge in [-0.05, 0) is 51.1 Å². The Balaban J connectivity index is 1.66. The highest BCUT2D eigenvalue weighted by atomic mass is 79.9. The number of rotatable bonds is 4. The molecule has 0 bridgehead atoms. The maximum atomic E-state index is 12.3. The second-order valence-electron chi connectivity index (χ2n) is 7.89. The van der Waals surface area contributed by atoms with E-state index >= 15 is 0 Å². The summed E-state index contributed by atoms with van der Waals surface area (Å²) in [5.41, 5.74) is 5.61. The topological polar surface area (TPSA) is 57.2 Å². The number of carbonyl (C=O) groups is 1. The van der Waals surface area contributed by atoms with Crippen LogP contribution in [0.25, 0.3) is 0 Å². The van der Waals surface area contributed by atoms with E-state index in [4.69, 9.17) is 4.74 Å². The summed E-state index contributed by atoms with van der Waals surface area (Å²) in [4.78, 5) is 16.3. The first kappa shape index (κ1) is 21.2. The summed E-state index contributed by atoms with van der Waals surface area (Å²) in [6.45, 7) is 8.41. The molecule has 0 atom stereocenters. The van der Waals surface area contributed by atoms with Crippen molar-refractivity contribution in [1.82, 2.24) is 4.90 Å². The molecule has 0 saturated carbocycles. The predicted molar refractivity (Wildman–Crippen MR) is 122 cm³/mol.